The molecule has 0 saturated carbocycles. The van der Waals surface area contributed by atoms with Crippen molar-refractivity contribution in [3.63, 3.8) is 0 Å². The summed E-state index contributed by atoms with van der Waals surface area (Å²) >= 11 is 0. The number of piperazine rings is 1. The maximum absolute atomic E-state index is 12.2. The summed E-state index contributed by atoms with van der Waals surface area (Å²) in [6.45, 7) is 7.76. The largest absolute Gasteiger partial charge is 0.444 e. The van der Waals surface area contributed by atoms with E-state index < -0.39 is 10.5 Å². The van der Waals surface area contributed by atoms with Crippen LogP contribution < -0.4 is 4.90 Å². The topological polar surface area (TPSA) is 102 Å². The van der Waals surface area contributed by atoms with Crippen molar-refractivity contribution in [2.45, 2.75) is 26.4 Å². The summed E-state index contributed by atoms with van der Waals surface area (Å²) in [6, 6.07) is 4.56. The van der Waals surface area contributed by atoms with Crippen molar-refractivity contribution < 1.29 is 14.5 Å². The molecule has 0 atom stereocenters. The van der Waals surface area contributed by atoms with E-state index in [1.165, 1.54) is 18.5 Å². The molecule has 0 radical (unpaired) electrons. The molecule has 1 saturated heterocycles. The van der Waals surface area contributed by atoms with Crippen LogP contribution in [0.25, 0.3) is 10.9 Å². The number of fused-ring (bicyclic) bond motifs is 1. The molecule has 2 heterocycles. The van der Waals surface area contributed by atoms with Crippen molar-refractivity contribution in [2.24, 2.45) is 0 Å². The number of nitrogens with zero attached hydrogens (tertiary/aromatic N) is 5. The number of non-ortho nitro benzene ring substituents is 1. The van der Waals surface area contributed by atoms with Gasteiger partial charge in [0.05, 0.1) is 10.4 Å². The van der Waals surface area contributed by atoms with Crippen molar-refractivity contribution >= 4 is 28.5 Å². The molecule has 1 aromatic carbocycles. The molecule has 0 bridgehead atoms. The zero-order valence-corrected chi connectivity index (χ0v) is 15.0. The van der Waals surface area contributed by atoms with Gasteiger partial charge in [-0.25, -0.2) is 14.8 Å². The van der Waals surface area contributed by atoms with Gasteiger partial charge in [0, 0.05) is 43.7 Å². The molecule has 1 amide bonds. The van der Waals surface area contributed by atoms with Crippen LogP contribution in [0, 0.1) is 10.1 Å². The van der Waals surface area contributed by atoms with Gasteiger partial charge in [-0.2, -0.15) is 0 Å². The van der Waals surface area contributed by atoms with Crippen LogP contribution in [0.2, 0.25) is 0 Å². The molecule has 0 spiro atoms. The molecule has 1 aliphatic rings. The summed E-state index contributed by atoms with van der Waals surface area (Å²) < 4.78 is 5.40. The van der Waals surface area contributed by atoms with Crippen LogP contribution in [0.1, 0.15) is 20.8 Å². The molecule has 2 aromatic rings. The lowest BCUT2D eigenvalue weighted by Crippen LogP contribution is -2.50. The summed E-state index contributed by atoms with van der Waals surface area (Å²) in [4.78, 5) is 34.9. The fourth-order valence-corrected chi connectivity index (χ4v) is 2.82. The second kappa shape index (κ2) is 6.74. The first kappa shape index (κ1) is 17.8. The molecule has 26 heavy (non-hydrogen) atoms. The van der Waals surface area contributed by atoms with E-state index in [2.05, 4.69) is 14.9 Å². The Kier molecular flexibility index (Phi) is 4.62. The van der Waals surface area contributed by atoms with Crippen LogP contribution in [-0.4, -0.2) is 57.7 Å². The van der Waals surface area contributed by atoms with Crippen LogP contribution in [-0.2, 0) is 4.74 Å². The highest BCUT2D eigenvalue weighted by atomic mass is 16.6. The Labute approximate surface area is 150 Å². The van der Waals surface area contributed by atoms with Crippen LogP contribution in [0.5, 0.6) is 0 Å². The number of benzene rings is 1. The summed E-state index contributed by atoms with van der Waals surface area (Å²) in [7, 11) is 0. The summed E-state index contributed by atoms with van der Waals surface area (Å²) in [5, 5.41) is 11.7. The van der Waals surface area contributed by atoms with Gasteiger partial charge in [-0.1, -0.05) is 0 Å². The van der Waals surface area contributed by atoms with Crippen LogP contribution >= 0.6 is 0 Å². The maximum Gasteiger partial charge on any atom is 0.410 e. The highest BCUT2D eigenvalue weighted by Crippen LogP contribution is 2.27. The summed E-state index contributed by atoms with van der Waals surface area (Å²) in [6.07, 6.45) is 1.09. The first-order valence-corrected chi connectivity index (χ1v) is 8.36. The fraction of sp³-hybridized carbons (Fsp3) is 0.471. The predicted octanol–water partition coefficient (Wildman–Crippen LogP) is 2.60. The monoisotopic (exact) mass is 359 g/mol. The van der Waals surface area contributed by atoms with Crippen molar-refractivity contribution in [3.05, 3.63) is 34.6 Å². The zero-order chi connectivity index (χ0) is 18.9. The number of hydrogen-bond donors (Lipinski definition) is 0. The zero-order valence-electron chi connectivity index (χ0n) is 15.0. The molecule has 1 fully saturated rings. The molecule has 1 aromatic heterocycles. The highest BCUT2D eigenvalue weighted by molar-refractivity contribution is 5.90. The molecule has 1 aliphatic heterocycles. The van der Waals surface area contributed by atoms with E-state index in [0.717, 1.165) is 5.39 Å². The minimum atomic E-state index is -0.522. The maximum atomic E-state index is 12.2. The fourth-order valence-electron chi connectivity index (χ4n) is 2.82. The third-order valence-corrected chi connectivity index (χ3v) is 4.04. The second-order valence-corrected chi connectivity index (χ2v) is 7.11. The SMILES string of the molecule is CC(C)(C)OC(=O)N1CCN(c2ncnc3cc([N+](=O)[O-])ccc23)CC1. The lowest BCUT2D eigenvalue weighted by atomic mass is 10.2. The van der Waals surface area contributed by atoms with E-state index in [-0.39, 0.29) is 11.8 Å². The highest BCUT2D eigenvalue weighted by Gasteiger charge is 2.27. The molecular weight excluding hydrogens is 338 g/mol. The van der Waals surface area contributed by atoms with Gasteiger partial charge in [-0.3, -0.25) is 10.1 Å². The van der Waals surface area contributed by atoms with Gasteiger partial charge in [-0.05, 0) is 26.8 Å². The van der Waals surface area contributed by atoms with Crippen LogP contribution in [0.3, 0.4) is 0 Å². The standard InChI is InChI=1S/C17H21N5O4/c1-17(2,3)26-16(23)21-8-6-20(7-9-21)15-13-5-4-12(22(24)25)10-14(13)18-11-19-15/h4-5,10-11H,6-9H2,1-3H3. The normalized spacial score (nSPS) is 15.2. The van der Waals surface area contributed by atoms with E-state index in [0.29, 0.717) is 37.5 Å². The Morgan fingerprint density at radius 2 is 1.88 bits per heavy atom. The van der Waals surface area contributed by atoms with Gasteiger partial charge in [0.2, 0.25) is 0 Å². The van der Waals surface area contributed by atoms with Crippen molar-refractivity contribution in [1.29, 1.82) is 0 Å². The summed E-state index contributed by atoms with van der Waals surface area (Å²) in [5.41, 5.74) is 0.00173. The number of anilines is 1. The molecule has 9 nitrogen and oxygen atoms in total. The predicted molar refractivity (Wildman–Crippen MR) is 96.2 cm³/mol. The van der Waals surface area contributed by atoms with E-state index in [1.54, 1.807) is 11.0 Å². The Bertz CT molecular complexity index is 841. The van der Waals surface area contributed by atoms with Crippen molar-refractivity contribution in [3.8, 4) is 0 Å². The Balaban J connectivity index is 1.75. The van der Waals surface area contributed by atoms with Gasteiger partial charge in [0.15, 0.2) is 0 Å². The first-order chi connectivity index (χ1) is 12.2. The third kappa shape index (κ3) is 3.81. The average Bonchev–Trinajstić information content (AvgIpc) is 2.59. The molecular formula is C17H21N5O4. The van der Waals surface area contributed by atoms with E-state index in [4.69, 9.17) is 4.74 Å². The van der Waals surface area contributed by atoms with Crippen molar-refractivity contribution in [1.82, 2.24) is 14.9 Å². The number of carbonyl (C=O) groups is 1. The molecule has 3 rings (SSSR count). The number of ether oxygens (including phenoxy) is 1. The molecule has 0 N–H and O–H groups in total. The lowest BCUT2D eigenvalue weighted by Gasteiger charge is -2.36. The van der Waals surface area contributed by atoms with Gasteiger partial charge >= 0.3 is 6.09 Å². The number of aromatic nitrogens is 2. The number of hydrogen-bond acceptors (Lipinski definition) is 7. The third-order valence-electron chi connectivity index (χ3n) is 4.04. The van der Waals surface area contributed by atoms with Gasteiger partial charge < -0.3 is 14.5 Å². The Morgan fingerprint density at radius 1 is 1.19 bits per heavy atom. The van der Waals surface area contributed by atoms with Crippen LogP contribution in [0.15, 0.2) is 24.5 Å². The first-order valence-electron chi connectivity index (χ1n) is 8.36. The lowest BCUT2D eigenvalue weighted by molar-refractivity contribution is -0.384. The molecule has 0 unspecified atom stereocenters. The minimum absolute atomic E-state index is 0.00287. The second-order valence-electron chi connectivity index (χ2n) is 7.11. The number of nitro groups is 1. The van der Waals surface area contributed by atoms with Crippen molar-refractivity contribution in [2.75, 3.05) is 31.1 Å². The van der Waals surface area contributed by atoms with Crippen LogP contribution in [0.4, 0.5) is 16.3 Å². The van der Waals surface area contributed by atoms with Gasteiger partial charge in [0.25, 0.3) is 5.69 Å². The quantitative estimate of drug-likeness (QED) is 0.600. The molecule has 138 valence electrons. The number of carbonyl (C=O) groups excluding carboxylic acids is 1. The molecule has 9 heteroatoms. The average molecular weight is 359 g/mol. The van der Waals surface area contributed by atoms with E-state index in [9.17, 15) is 14.9 Å². The summed E-state index contributed by atoms with van der Waals surface area (Å²) in [5.74, 6) is 0.716. The van der Waals surface area contributed by atoms with Gasteiger partial charge in [0.1, 0.15) is 17.7 Å². The Morgan fingerprint density at radius 3 is 2.50 bits per heavy atom. The smallest absolute Gasteiger partial charge is 0.410 e. The molecule has 0 aliphatic carbocycles. The Hall–Kier alpha value is -2.97. The number of nitro benzene ring substituents is 1. The van der Waals surface area contributed by atoms with E-state index in [1.807, 2.05) is 20.8 Å². The van der Waals surface area contributed by atoms with E-state index >= 15 is 0 Å². The van der Waals surface area contributed by atoms with Gasteiger partial charge in [-0.15, -0.1) is 0 Å². The number of amides is 1. The number of rotatable bonds is 2. The minimum Gasteiger partial charge on any atom is -0.444 e.